The van der Waals surface area contributed by atoms with E-state index in [1.807, 2.05) is 19.1 Å². The summed E-state index contributed by atoms with van der Waals surface area (Å²) >= 11 is 3.36. The molecule has 1 aromatic carbocycles. The lowest BCUT2D eigenvalue weighted by atomic mass is 10.2. The maximum absolute atomic E-state index is 10.9. The van der Waals surface area contributed by atoms with Crippen LogP contribution in [-0.2, 0) is 4.79 Å². The van der Waals surface area contributed by atoms with Gasteiger partial charge in [-0.2, -0.15) is 0 Å². The summed E-state index contributed by atoms with van der Waals surface area (Å²) in [5, 5.41) is 2.74. The van der Waals surface area contributed by atoms with E-state index in [2.05, 4.69) is 21.2 Å². The van der Waals surface area contributed by atoms with E-state index in [4.69, 9.17) is 4.74 Å². The first kappa shape index (κ1) is 11.0. The van der Waals surface area contributed by atoms with Gasteiger partial charge in [0.15, 0.2) is 0 Å². The van der Waals surface area contributed by atoms with Gasteiger partial charge in [0.2, 0.25) is 5.91 Å². The molecule has 14 heavy (non-hydrogen) atoms. The van der Waals surface area contributed by atoms with Crippen molar-refractivity contribution >= 4 is 27.5 Å². The van der Waals surface area contributed by atoms with Gasteiger partial charge in [-0.3, -0.25) is 4.79 Å². The summed E-state index contributed by atoms with van der Waals surface area (Å²) in [7, 11) is 1.61. The average molecular weight is 258 g/mol. The molecule has 0 aromatic heterocycles. The first-order chi connectivity index (χ1) is 6.54. The lowest BCUT2D eigenvalue weighted by Gasteiger charge is -2.10. The van der Waals surface area contributed by atoms with Gasteiger partial charge in [0.05, 0.1) is 11.6 Å². The number of rotatable bonds is 2. The van der Waals surface area contributed by atoms with Crippen LogP contribution in [0.4, 0.5) is 5.69 Å². The van der Waals surface area contributed by atoms with Crippen LogP contribution in [0.15, 0.2) is 16.6 Å². The molecule has 0 unspecified atom stereocenters. The number of methoxy groups -OCH3 is 1. The Kier molecular flexibility index (Phi) is 3.52. The van der Waals surface area contributed by atoms with Crippen LogP contribution in [0.25, 0.3) is 0 Å². The number of amides is 1. The number of hydrogen-bond acceptors (Lipinski definition) is 2. The van der Waals surface area contributed by atoms with Crippen LogP contribution < -0.4 is 10.1 Å². The standard InChI is InChI=1S/C10H12BrNO2/c1-6-4-10(14-3)8(11)5-9(6)12-7(2)13/h4-5H,1-3H3,(H,12,13). The van der Waals surface area contributed by atoms with E-state index in [9.17, 15) is 4.79 Å². The van der Waals surface area contributed by atoms with Crippen LogP contribution in [0.1, 0.15) is 12.5 Å². The average Bonchev–Trinajstić information content (AvgIpc) is 2.10. The molecular weight excluding hydrogens is 246 g/mol. The summed E-state index contributed by atoms with van der Waals surface area (Å²) in [5.74, 6) is 0.682. The molecule has 76 valence electrons. The molecule has 0 saturated heterocycles. The zero-order chi connectivity index (χ0) is 10.7. The van der Waals surface area contributed by atoms with Gasteiger partial charge in [-0.1, -0.05) is 0 Å². The Hall–Kier alpha value is -1.03. The van der Waals surface area contributed by atoms with Crippen LogP contribution in [0.5, 0.6) is 5.75 Å². The smallest absolute Gasteiger partial charge is 0.221 e. The van der Waals surface area contributed by atoms with Gasteiger partial charge in [0.1, 0.15) is 5.75 Å². The van der Waals surface area contributed by atoms with Crippen LogP contribution in [0, 0.1) is 6.92 Å². The minimum absolute atomic E-state index is 0.0785. The highest BCUT2D eigenvalue weighted by Crippen LogP contribution is 2.30. The number of nitrogens with one attached hydrogen (secondary N) is 1. The Labute approximate surface area is 91.6 Å². The Morgan fingerprint density at radius 1 is 1.50 bits per heavy atom. The van der Waals surface area contributed by atoms with E-state index in [1.165, 1.54) is 6.92 Å². The molecule has 1 N–H and O–H groups in total. The fourth-order valence-corrected chi connectivity index (χ4v) is 1.64. The van der Waals surface area contributed by atoms with Crippen molar-refractivity contribution < 1.29 is 9.53 Å². The summed E-state index contributed by atoms with van der Waals surface area (Å²) in [6.45, 7) is 3.40. The van der Waals surface area contributed by atoms with Crippen molar-refractivity contribution in [1.82, 2.24) is 0 Å². The normalized spacial score (nSPS) is 9.71. The quantitative estimate of drug-likeness (QED) is 0.885. The van der Waals surface area contributed by atoms with Crippen molar-refractivity contribution in [2.24, 2.45) is 0 Å². The lowest BCUT2D eigenvalue weighted by molar-refractivity contribution is -0.114. The molecule has 0 heterocycles. The molecule has 0 spiro atoms. The largest absolute Gasteiger partial charge is 0.496 e. The number of hydrogen-bond donors (Lipinski definition) is 1. The minimum Gasteiger partial charge on any atom is -0.496 e. The molecule has 1 aromatic rings. The molecule has 0 aliphatic rings. The number of anilines is 1. The summed E-state index contributed by atoms with van der Waals surface area (Å²) in [6, 6.07) is 3.70. The van der Waals surface area contributed by atoms with Gasteiger partial charge in [-0.25, -0.2) is 0 Å². The van der Waals surface area contributed by atoms with Crippen LogP contribution in [0.3, 0.4) is 0 Å². The number of ether oxygens (including phenoxy) is 1. The number of carbonyl (C=O) groups excluding carboxylic acids is 1. The predicted molar refractivity (Wildman–Crippen MR) is 59.7 cm³/mol. The van der Waals surface area contributed by atoms with Crippen molar-refractivity contribution in [2.75, 3.05) is 12.4 Å². The number of carbonyl (C=O) groups is 1. The Morgan fingerprint density at radius 3 is 2.64 bits per heavy atom. The molecule has 1 rings (SSSR count). The predicted octanol–water partition coefficient (Wildman–Crippen LogP) is 2.72. The van der Waals surface area contributed by atoms with Gasteiger partial charge < -0.3 is 10.1 Å². The van der Waals surface area contributed by atoms with Crippen molar-refractivity contribution in [3.63, 3.8) is 0 Å². The topological polar surface area (TPSA) is 38.3 Å². The number of halogens is 1. The van der Waals surface area contributed by atoms with E-state index in [-0.39, 0.29) is 5.91 Å². The maximum Gasteiger partial charge on any atom is 0.221 e. The van der Waals surface area contributed by atoms with E-state index in [0.717, 1.165) is 21.5 Å². The SMILES string of the molecule is COc1cc(C)c(NC(C)=O)cc1Br. The minimum atomic E-state index is -0.0785. The van der Waals surface area contributed by atoms with Gasteiger partial charge in [-0.05, 0) is 40.5 Å². The van der Waals surface area contributed by atoms with Crippen molar-refractivity contribution in [3.8, 4) is 5.75 Å². The summed E-state index contributed by atoms with van der Waals surface area (Å²) in [6.07, 6.45) is 0. The number of benzene rings is 1. The summed E-state index contributed by atoms with van der Waals surface area (Å²) < 4.78 is 5.95. The maximum atomic E-state index is 10.9. The van der Waals surface area contributed by atoms with Gasteiger partial charge in [-0.15, -0.1) is 0 Å². The van der Waals surface area contributed by atoms with E-state index >= 15 is 0 Å². The van der Waals surface area contributed by atoms with Crippen LogP contribution in [0.2, 0.25) is 0 Å². The molecule has 0 fully saturated rings. The summed E-state index contributed by atoms with van der Waals surface area (Å²) in [4.78, 5) is 10.9. The van der Waals surface area contributed by atoms with E-state index < -0.39 is 0 Å². The number of aryl methyl sites for hydroxylation is 1. The lowest BCUT2D eigenvalue weighted by Crippen LogP contribution is -2.07. The second kappa shape index (κ2) is 4.46. The molecular formula is C10H12BrNO2. The Bertz CT molecular complexity index is 363. The molecule has 0 atom stereocenters. The highest BCUT2D eigenvalue weighted by atomic mass is 79.9. The highest BCUT2D eigenvalue weighted by Gasteiger charge is 2.06. The molecule has 0 aliphatic carbocycles. The fourth-order valence-electron chi connectivity index (χ4n) is 1.14. The third-order valence-corrected chi connectivity index (χ3v) is 2.43. The molecule has 0 saturated carbocycles. The van der Waals surface area contributed by atoms with Gasteiger partial charge in [0, 0.05) is 12.6 Å². The third-order valence-electron chi connectivity index (χ3n) is 1.81. The Morgan fingerprint density at radius 2 is 2.14 bits per heavy atom. The first-order valence-corrected chi connectivity index (χ1v) is 4.95. The fraction of sp³-hybridized carbons (Fsp3) is 0.300. The molecule has 0 radical (unpaired) electrons. The van der Waals surface area contributed by atoms with Crippen LogP contribution in [-0.4, -0.2) is 13.0 Å². The second-order valence-electron chi connectivity index (χ2n) is 2.98. The molecule has 3 nitrogen and oxygen atoms in total. The van der Waals surface area contributed by atoms with E-state index in [1.54, 1.807) is 7.11 Å². The third kappa shape index (κ3) is 2.48. The molecule has 4 heteroatoms. The highest BCUT2D eigenvalue weighted by molar-refractivity contribution is 9.10. The molecule has 0 bridgehead atoms. The van der Waals surface area contributed by atoms with Crippen molar-refractivity contribution in [1.29, 1.82) is 0 Å². The summed E-state index contributed by atoms with van der Waals surface area (Å²) in [5.41, 5.74) is 1.77. The van der Waals surface area contributed by atoms with Crippen molar-refractivity contribution in [3.05, 3.63) is 22.2 Å². The van der Waals surface area contributed by atoms with Crippen molar-refractivity contribution in [2.45, 2.75) is 13.8 Å². The second-order valence-corrected chi connectivity index (χ2v) is 3.84. The monoisotopic (exact) mass is 257 g/mol. The van der Waals surface area contributed by atoms with Crippen LogP contribution >= 0.6 is 15.9 Å². The van der Waals surface area contributed by atoms with Gasteiger partial charge in [0.25, 0.3) is 0 Å². The first-order valence-electron chi connectivity index (χ1n) is 4.16. The van der Waals surface area contributed by atoms with E-state index in [0.29, 0.717) is 0 Å². The van der Waals surface area contributed by atoms with Gasteiger partial charge >= 0.3 is 0 Å². The zero-order valence-electron chi connectivity index (χ0n) is 8.35. The zero-order valence-corrected chi connectivity index (χ0v) is 9.94. The molecule has 1 amide bonds. The molecule has 0 aliphatic heterocycles. The Balaban J connectivity index is 3.08.